The monoisotopic (exact) mass is 373 g/mol. The van der Waals surface area contributed by atoms with Gasteiger partial charge in [0.1, 0.15) is 11.4 Å². The Morgan fingerprint density at radius 3 is 2.11 bits per heavy atom. The molecule has 0 bridgehead atoms. The number of hydrogen-bond acceptors (Lipinski definition) is 3. The zero-order chi connectivity index (χ0) is 19.9. The zero-order valence-corrected chi connectivity index (χ0v) is 16.0. The van der Waals surface area contributed by atoms with Crippen molar-refractivity contribution in [2.75, 3.05) is 5.32 Å². The lowest BCUT2D eigenvalue weighted by Crippen LogP contribution is -2.25. The third-order valence-electron chi connectivity index (χ3n) is 4.35. The SMILES string of the molecule is CC(C)c1ccc(NC(=O)c2cccc(C(=O)NCc3ccccc3)n2)cc1. The molecule has 0 atom stereocenters. The van der Waals surface area contributed by atoms with Gasteiger partial charge in [-0.2, -0.15) is 0 Å². The normalized spacial score (nSPS) is 10.5. The topological polar surface area (TPSA) is 71.1 Å². The molecular formula is C23H23N3O2. The molecule has 0 unspecified atom stereocenters. The summed E-state index contributed by atoms with van der Waals surface area (Å²) in [5.41, 5.74) is 3.29. The van der Waals surface area contributed by atoms with Crippen LogP contribution in [0.3, 0.4) is 0 Å². The first-order chi connectivity index (χ1) is 13.5. The first kappa shape index (κ1) is 19.3. The van der Waals surface area contributed by atoms with E-state index in [1.165, 1.54) is 5.56 Å². The lowest BCUT2D eigenvalue weighted by atomic mass is 10.0. The molecule has 0 saturated carbocycles. The van der Waals surface area contributed by atoms with Crippen LogP contribution in [-0.2, 0) is 6.54 Å². The number of aromatic nitrogens is 1. The van der Waals surface area contributed by atoms with E-state index in [1.54, 1.807) is 18.2 Å². The number of nitrogens with zero attached hydrogens (tertiary/aromatic N) is 1. The quantitative estimate of drug-likeness (QED) is 0.673. The van der Waals surface area contributed by atoms with Crippen molar-refractivity contribution in [2.45, 2.75) is 26.3 Å². The number of amides is 2. The summed E-state index contributed by atoms with van der Waals surface area (Å²) in [6.07, 6.45) is 0. The molecule has 0 aliphatic heterocycles. The van der Waals surface area contributed by atoms with Crippen LogP contribution in [0.2, 0.25) is 0 Å². The molecule has 5 heteroatoms. The summed E-state index contributed by atoms with van der Waals surface area (Å²) in [7, 11) is 0. The van der Waals surface area contributed by atoms with Gasteiger partial charge in [0, 0.05) is 12.2 Å². The largest absolute Gasteiger partial charge is 0.347 e. The fraction of sp³-hybridized carbons (Fsp3) is 0.174. The Morgan fingerprint density at radius 1 is 0.821 bits per heavy atom. The highest BCUT2D eigenvalue weighted by Crippen LogP contribution is 2.17. The van der Waals surface area contributed by atoms with Crippen molar-refractivity contribution in [3.63, 3.8) is 0 Å². The van der Waals surface area contributed by atoms with Gasteiger partial charge in [0.05, 0.1) is 0 Å². The molecule has 5 nitrogen and oxygen atoms in total. The molecule has 2 aromatic carbocycles. The van der Waals surface area contributed by atoms with Gasteiger partial charge in [0.2, 0.25) is 0 Å². The Kier molecular flexibility index (Phi) is 6.17. The number of carbonyl (C=O) groups is 2. The van der Waals surface area contributed by atoms with E-state index in [2.05, 4.69) is 29.5 Å². The number of anilines is 1. The van der Waals surface area contributed by atoms with E-state index in [-0.39, 0.29) is 23.2 Å². The molecule has 1 heterocycles. The molecule has 0 radical (unpaired) electrons. The Balaban J connectivity index is 1.64. The number of nitrogens with one attached hydrogen (secondary N) is 2. The van der Waals surface area contributed by atoms with Crippen LogP contribution >= 0.6 is 0 Å². The van der Waals surface area contributed by atoms with Crippen molar-refractivity contribution < 1.29 is 9.59 Å². The summed E-state index contributed by atoms with van der Waals surface area (Å²) in [6.45, 7) is 4.64. The standard InChI is InChI=1S/C23H23N3O2/c1-16(2)18-11-13-19(14-12-18)25-23(28)21-10-6-9-20(26-21)22(27)24-15-17-7-4-3-5-8-17/h3-14,16H,15H2,1-2H3,(H,24,27)(H,25,28). The molecule has 0 aliphatic carbocycles. The van der Waals surface area contributed by atoms with Crippen molar-refractivity contribution in [1.29, 1.82) is 0 Å². The van der Waals surface area contributed by atoms with Crippen LogP contribution in [0.25, 0.3) is 0 Å². The van der Waals surface area contributed by atoms with Gasteiger partial charge in [-0.3, -0.25) is 9.59 Å². The summed E-state index contributed by atoms with van der Waals surface area (Å²) in [4.78, 5) is 29.0. The summed E-state index contributed by atoms with van der Waals surface area (Å²) in [6, 6.07) is 22.2. The highest BCUT2D eigenvalue weighted by molar-refractivity contribution is 6.03. The molecule has 0 aliphatic rings. The molecule has 0 saturated heterocycles. The maximum Gasteiger partial charge on any atom is 0.274 e. The van der Waals surface area contributed by atoms with Crippen molar-refractivity contribution in [2.24, 2.45) is 0 Å². The molecule has 1 aromatic heterocycles. The fourth-order valence-electron chi connectivity index (χ4n) is 2.70. The third-order valence-corrected chi connectivity index (χ3v) is 4.35. The van der Waals surface area contributed by atoms with Crippen LogP contribution in [-0.4, -0.2) is 16.8 Å². The van der Waals surface area contributed by atoms with Gasteiger partial charge in [-0.1, -0.05) is 62.4 Å². The van der Waals surface area contributed by atoms with E-state index < -0.39 is 0 Å². The number of benzene rings is 2. The van der Waals surface area contributed by atoms with E-state index in [0.29, 0.717) is 18.2 Å². The Hall–Kier alpha value is -3.47. The minimum absolute atomic E-state index is 0.195. The second-order valence-corrected chi connectivity index (χ2v) is 6.81. The maximum atomic E-state index is 12.5. The van der Waals surface area contributed by atoms with Crippen LogP contribution in [0.4, 0.5) is 5.69 Å². The molecule has 0 spiro atoms. The first-order valence-corrected chi connectivity index (χ1v) is 9.23. The average Bonchev–Trinajstić information content (AvgIpc) is 2.73. The van der Waals surface area contributed by atoms with Gasteiger partial charge in [-0.15, -0.1) is 0 Å². The number of carbonyl (C=O) groups excluding carboxylic acids is 2. The van der Waals surface area contributed by atoms with E-state index in [0.717, 1.165) is 5.56 Å². The predicted molar refractivity (Wildman–Crippen MR) is 110 cm³/mol. The third kappa shape index (κ3) is 5.04. The number of rotatable bonds is 6. The van der Waals surface area contributed by atoms with Crippen LogP contribution in [0.15, 0.2) is 72.8 Å². The number of pyridine rings is 1. The van der Waals surface area contributed by atoms with Crippen molar-refractivity contribution >= 4 is 17.5 Å². The Morgan fingerprint density at radius 2 is 1.46 bits per heavy atom. The average molecular weight is 373 g/mol. The predicted octanol–water partition coefficient (Wildman–Crippen LogP) is 4.39. The van der Waals surface area contributed by atoms with Crippen molar-refractivity contribution in [3.8, 4) is 0 Å². The van der Waals surface area contributed by atoms with E-state index in [1.807, 2.05) is 54.6 Å². The van der Waals surface area contributed by atoms with Gasteiger partial charge in [-0.05, 0) is 41.3 Å². The van der Waals surface area contributed by atoms with Crippen LogP contribution in [0.5, 0.6) is 0 Å². The van der Waals surface area contributed by atoms with Crippen molar-refractivity contribution in [1.82, 2.24) is 10.3 Å². The summed E-state index contributed by atoms with van der Waals surface area (Å²) in [5.74, 6) is -0.243. The molecule has 142 valence electrons. The smallest absolute Gasteiger partial charge is 0.274 e. The van der Waals surface area contributed by atoms with Crippen LogP contribution < -0.4 is 10.6 Å². The first-order valence-electron chi connectivity index (χ1n) is 9.23. The summed E-state index contributed by atoms with van der Waals surface area (Å²) < 4.78 is 0. The number of hydrogen-bond donors (Lipinski definition) is 2. The molecule has 28 heavy (non-hydrogen) atoms. The van der Waals surface area contributed by atoms with E-state index >= 15 is 0 Å². The molecule has 3 rings (SSSR count). The molecule has 2 amide bonds. The minimum atomic E-state index is -0.352. The van der Waals surface area contributed by atoms with E-state index in [4.69, 9.17) is 0 Å². The highest BCUT2D eigenvalue weighted by Gasteiger charge is 2.13. The summed E-state index contributed by atoms with van der Waals surface area (Å²) in [5, 5.41) is 5.63. The van der Waals surface area contributed by atoms with Crippen molar-refractivity contribution in [3.05, 3.63) is 95.3 Å². The van der Waals surface area contributed by atoms with Gasteiger partial charge >= 0.3 is 0 Å². The second-order valence-electron chi connectivity index (χ2n) is 6.81. The van der Waals surface area contributed by atoms with Gasteiger partial charge in [-0.25, -0.2) is 4.98 Å². The fourth-order valence-corrected chi connectivity index (χ4v) is 2.70. The molecule has 3 aromatic rings. The molecular weight excluding hydrogens is 350 g/mol. The summed E-state index contributed by atoms with van der Waals surface area (Å²) >= 11 is 0. The van der Waals surface area contributed by atoms with Crippen LogP contribution in [0, 0.1) is 0 Å². The van der Waals surface area contributed by atoms with Crippen LogP contribution in [0.1, 0.15) is 51.9 Å². The highest BCUT2D eigenvalue weighted by atomic mass is 16.2. The van der Waals surface area contributed by atoms with Gasteiger partial charge < -0.3 is 10.6 Å². The Bertz CT molecular complexity index is 951. The maximum absolute atomic E-state index is 12.5. The lowest BCUT2D eigenvalue weighted by molar-refractivity contribution is 0.0945. The van der Waals surface area contributed by atoms with Gasteiger partial charge in [0.15, 0.2) is 0 Å². The minimum Gasteiger partial charge on any atom is -0.347 e. The zero-order valence-electron chi connectivity index (χ0n) is 16.0. The molecule has 0 fully saturated rings. The van der Waals surface area contributed by atoms with E-state index in [9.17, 15) is 9.59 Å². The Labute approximate surface area is 164 Å². The lowest BCUT2D eigenvalue weighted by Gasteiger charge is -2.09. The van der Waals surface area contributed by atoms with Gasteiger partial charge in [0.25, 0.3) is 11.8 Å². The second kappa shape index (κ2) is 8.95. The molecule has 2 N–H and O–H groups in total.